The second-order valence-corrected chi connectivity index (χ2v) is 8.76. The topological polar surface area (TPSA) is 93.5 Å². The minimum Gasteiger partial charge on any atom is -0.379 e. The molecule has 1 aromatic carbocycles. The Morgan fingerprint density at radius 1 is 1.20 bits per heavy atom. The molecule has 1 fully saturated rings. The average molecular weight is 446 g/mol. The number of carbonyl (C=O) groups excluding carboxylic acids is 1. The Morgan fingerprint density at radius 3 is 2.33 bits per heavy atom. The number of nitrogens with one attached hydrogen (secondary N) is 1. The number of carbonyl (C=O) groups is 1. The van der Waals surface area contributed by atoms with Crippen LogP contribution in [-0.2, 0) is 25.7 Å². The maximum atomic E-state index is 12.8. The van der Waals surface area contributed by atoms with E-state index in [2.05, 4.69) is 10.4 Å². The van der Waals surface area contributed by atoms with Crippen LogP contribution in [0.25, 0.3) is 0 Å². The van der Waals surface area contributed by atoms with Gasteiger partial charge in [0.25, 0.3) is 0 Å². The van der Waals surface area contributed by atoms with E-state index in [1.54, 1.807) is 0 Å². The van der Waals surface area contributed by atoms with E-state index in [9.17, 15) is 26.4 Å². The lowest BCUT2D eigenvalue weighted by molar-refractivity contribution is -0.141. The molecule has 2 aromatic rings. The number of aromatic nitrogens is 2. The number of ether oxygens (including phenoxy) is 1. The number of alkyl halides is 3. The highest BCUT2D eigenvalue weighted by atomic mass is 32.2. The predicted molar refractivity (Wildman–Crippen MR) is 101 cm³/mol. The molecule has 0 spiro atoms. The van der Waals surface area contributed by atoms with Crippen molar-refractivity contribution in [2.45, 2.75) is 31.0 Å². The van der Waals surface area contributed by atoms with Crippen LogP contribution in [0.15, 0.2) is 35.2 Å². The van der Waals surface area contributed by atoms with Crippen molar-refractivity contribution in [2.75, 3.05) is 31.6 Å². The van der Waals surface area contributed by atoms with E-state index in [-0.39, 0.29) is 23.7 Å². The molecule has 1 aliphatic rings. The van der Waals surface area contributed by atoms with Gasteiger partial charge in [0.1, 0.15) is 6.04 Å². The molecule has 0 bridgehead atoms. The summed E-state index contributed by atoms with van der Waals surface area (Å²) in [6.45, 7) is 4.04. The monoisotopic (exact) mass is 446 g/mol. The summed E-state index contributed by atoms with van der Waals surface area (Å²) in [5.41, 5.74) is -0.567. The van der Waals surface area contributed by atoms with Gasteiger partial charge in [-0.25, -0.2) is 8.42 Å². The first-order chi connectivity index (χ1) is 14.0. The fraction of sp³-hybridized carbons (Fsp3) is 0.444. The summed E-state index contributed by atoms with van der Waals surface area (Å²) in [5, 5.41) is 6.04. The highest BCUT2D eigenvalue weighted by molar-refractivity contribution is 7.89. The minimum atomic E-state index is -4.60. The average Bonchev–Trinajstić information content (AvgIpc) is 3.10. The second kappa shape index (κ2) is 8.36. The maximum Gasteiger partial charge on any atom is 0.435 e. The molecular formula is C18H21F3N4O4S. The number of hydrogen-bond donors (Lipinski definition) is 1. The number of benzene rings is 1. The van der Waals surface area contributed by atoms with E-state index in [1.165, 1.54) is 42.4 Å². The fourth-order valence-corrected chi connectivity index (χ4v) is 4.43. The Labute approximate surface area is 171 Å². The van der Waals surface area contributed by atoms with Crippen molar-refractivity contribution in [3.63, 3.8) is 0 Å². The number of rotatable bonds is 5. The van der Waals surface area contributed by atoms with Gasteiger partial charge in [0.15, 0.2) is 5.69 Å². The van der Waals surface area contributed by atoms with Gasteiger partial charge in [-0.2, -0.15) is 22.6 Å². The first-order valence-electron chi connectivity index (χ1n) is 9.12. The van der Waals surface area contributed by atoms with Crippen LogP contribution >= 0.6 is 0 Å². The molecule has 1 aromatic heterocycles. The summed E-state index contributed by atoms with van der Waals surface area (Å²) in [6.07, 6.45) is -4.60. The molecule has 0 saturated carbocycles. The van der Waals surface area contributed by atoms with Gasteiger partial charge < -0.3 is 10.1 Å². The van der Waals surface area contributed by atoms with Crippen molar-refractivity contribution >= 4 is 21.6 Å². The zero-order valence-corrected chi connectivity index (χ0v) is 17.1. The lowest BCUT2D eigenvalue weighted by Gasteiger charge is -2.26. The maximum absolute atomic E-state index is 12.8. The molecule has 1 aliphatic heterocycles. The molecule has 1 amide bonds. The number of anilines is 1. The molecule has 3 rings (SSSR count). The van der Waals surface area contributed by atoms with Gasteiger partial charge in [0, 0.05) is 24.5 Å². The van der Waals surface area contributed by atoms with Crippen LogP contribution in [-0.4, -0.2) is 54.7 Å². The van der Waals surface area contributed by atoms with Crippen molar-refractivity contribution in [1.82, 2.24) is 14.1 Å². The molecule has 12 heteroatoms. The summed E-state index contributed by atoms with van der Waals surface area (Å²) < 4.78 is 71.2. The van der Waals surface area contributed by atoms with Crippen LogP contribution in [0.5, 0.6) is 0 Å². The van der Waals surface area contributed by atoms with Crippen molar-refractivity contribution in [2.24, 2.45) is 0 Å². The first-order valence-corrected chi connectivity index (χ1v) is 10.6. The number of halogens is 3. The standard InChI is InChI=1S/C18H21F3N4O4S/c1-12-11-16(18(19,20)21)23-25(12)13(2)17(26)22-14-3-5-15(6-4-14)30(27,28)24-7-9-29-10-8-24/h3-6,11,13H,7-10H2,1-2H3,(H,22,26). The molecule has 1 atom stereocenters. The lowest BCUT2D eigenvalue weighted by atomic mass is 10.2. The van der Waals surface area contributed by atoms with E-state index in [0.717, 1.165) is 10.7 Å². The third kappa shape index (κ3) is 4.65. The van der Waals surface area contributed by atoms with E-state index in [1.807, 2.05) is 0 Å². The Hall–Kier alpha value is -2.44. The van der Waals surface area contributed by atoms with Crippen LogP contribution in [0.1, 0.15) is 24.4 Å². The molecule has 1 saturated heterocycles. The summed E-state index contributed by atoms with van der Waals surface area (Å²) in [5.74, 6) is -0.585. The molecule has 30 heavy (non-hydrogen) atoms. The molecule has 164 valence electrons. The number of hydrogen-bond acceptors (Lipinski definition) is 5. The predicted octanol–water partition coefficient (Wildman–Crippen LogP) is 2.43. The van der Waals surface area contributed by atoms with Gasteiger partial charge in [-0.3, -0.25) is 9.48 Å². The highest BCUT2D eigenvalue weighted by Gasteiger charge is 2.35. The van der Waals surface area contributed by atoms with Gasteiger partial charge >= 0.3 is 6.18 Å². The zero-order valence-electron chi connectivity index (χ0n) is 16.3. The SMILES string of the molecule is Cc1cc(C(F)(F)F)nn1C(C)C(=O)Nc1ccc(S(=O)(=O)N2CCOCC2)cc1. The van der Waals surface area contributed by atoms with Gasteiger partial charge in [0.2, 0.25) is 15.9 Å². The molecule has 0 radical (unpaired) electrons. The molecule has 0 aliphatic carbocycles. The molecule has 8 nitrogen and oxygen atoms in total. The number of nitrogens with zero attached hydrogens (tertiary/aromatic N) is 3. The van der Waals surface area contributed by atoms with Crippen molar-refractivity contribution in [3.05, 3.63) is 41.7 Å². The molecule has 2 heterocycles. The number of aryl methyl sites for hydroxylation is 1. The Kier molecular flexibility index (Phi) is 6.20. The van der Waals surface area contributed by atoms with E-state index < -0.39 is 33.8 Å². The smallest absolute Gasteiger partial charge is 0.379 e. The van der Waals surface area contributed by atoms with Crippen molar-refractivity contribution in [1.29, 1.82) is 0 Å². The van der Waals surface area contributed by atoms with Gasteiger partial charge in [0.05, 0.1) is 18.1 Å². The van der Waals surface area contributed by atoms with E-state index in [0.29, 0.717) is 18.9 Å². The molecule has 1 unspecified atom stereocenters. The van der Waals surface area contributed by atoms with Crippen molar-refractivity contribution in [3.8, 4) is 0 Å². The van der Waals surface area contributed by atoms with Crippen LogP contribution < -0.4 is 5.32 Å². The first kappa shape index (κ1) is 22.2. The third-order valence-electron chi connectivity index (χ3n) is 4.69. The quantitative estimate of drug-likeness (QED) is 0.762. The minimum absolute atomic E-state index is 0.0770. The highest BCUT2D eigenvalue weighted by Crippen LogP contribution is 2.29. The normalized spacial score (nSPS) is 17.0. The number of amides is 1. The van der Waals surface area contributed by atoms with Crippen LogP contribution in [0, 0.1) is 6.92 Å². The lowest BCUT2D eigenvalue weighted by Crippen LogP contribution is -2.40. The second-order valence-electron chi connectivity index (χ2n) is 6.82. The fourth-order valence-electron chi connectivity index (χ4n) is 3.02. The van der Waals surface area contributed by atoms with Crippen LogP contribution in [0.4, 0.5) is 18.9 Å². The zero-order chi connectivity index (χ0) is 22.1. The largest absolute Gasteiger partial charge is 0.435 e. The van der Waals surface area contributed by atoms with Crippen LogP contribution in [0.2, 0.25) is 0 Å². The summed E-state index contributed by atoms with van der Waals surface area (Å²) in [7, 11) is -3.66. The molecular weight excluding hydrogens is 425 g/mol. The Bertz CT molecular complexity index is 1010. The Balaban J connectivity index is 1.71. The number of sulfonamides is 1. The van der Waals surface area contributed by atoms with Gasteiger partial charge in [-0.1, -0.05) is 0 Å². The summed E-state index contributed by atoms with van der Waals surface area (Å²) in [6, 6.07) is 5.45. The van der Waals surface area contributed by atoms with Crippen LogP contribution in [0.3, 0.4) is 0 Å². The van der Waals surface area contributed by atoms with Gasteiger partial charge in [-0.15, -0.1) is 0 Å². The summed E-state index contributed by atoms with van der Waals surface area (Å²) >= 11 is 0. The van der Waals surface area contributed by atoms with Crippen molar-refractivity contribution < 1.29 is 31.1 Å². The van der Waals surface area contributed by atoms with E-state index >= 15 is 0 Å². The van der Waals surface area contributed by atoms with Gasteiger partial charge in [-0.05, 0) is 44.2 Å². The van der Waals surface area contributed by atoms with E-state index in [4.69, 9.17) is 4.74 Å². The Morgan fingerprint density at radius 2 is 1.80 bits per heavy atom. The summed E-state index contributed by atoms with van der Waals surface area (Å²) in [4.78, 5) is 12.5. The number of morpholine rings is 1. The third-order valence-corrected chi connectivity index (χ3v) is 6.60. The molecule has 1 N–H and O–H groups in total.